The number of methoxy groups -OCH3 is 4. The second-order valence-electron chi connectivity index (χ2n) is 36.3. The monoisotopic (exact) mass is 1750 g/mol. The lowest BCUT2D eigenvalue weighted by atomic mass is 9.89. The number of likely N-dealkylation sites (N-methyl/N-ethyl adjacent to an activating group) is 4. The standard InChI is InChI=1S/C48H77N7O7.C47H80N6O9.CH4/c1-14-32(8)43(54(11)48(60)41(29(2)3)52-47(59)42(30(4)5)53(10)31(6)7)39(61-12)28-40(56)55-26-18-21-38(55)44(62-13)33(9)45(57)51-37(27-34-19-16-15-17-20-34)46(58)50-36-24-22-35(49)23-25-36;1-15-21-34(47(59)60)48-44(56)35(26-33-22-18-17-19-23-33)49-43(55)32(10)42(62-14)36-24-20-25-53(36)38(54)27-37(61-13)41(31(9)16-2)52(12)46(58)39(28(3)4)50-45(57)40(29(5)6)51(11)30(7)8;/h15-17,19-20,22-25,29-33,37-39,41-44H,14,18,21,26-28,49H2,1-13H3,(H,50,58)(H,51,57)(H,52,59);17-19,22-23,28-32,34-37,39-42H,15-16,20-21,24-27H2,1-14H3,(H,48,56)(H,49,55)(H,50,57)(H,59,60);1H4/t32-,33+,37-,38-,39+,41-,42-,43-,44+;31-,32+,34?,35-,36-,37+,39-,40-,41-,42+;/m00./s1. The van der Waals surface area contributed by atoms with E-state index in [9.17, 15) is 57.8 Å². The molecule has 2 aliphatic rings. The summed E-state index contributed by atoms with van der Waals surface area (Å²) in [6.07, 6.45) is 2.41. The highest BCUT2D eigenvalue weighted by Crippen LogP contribution is 2.34. The average Bonchev–Trinajstić information content (AvgIpc) is 1.79. The molecule has 1 unspecified atom stereocenters. The first kappa shape index (κ1) is 111. The Morgan fingerprint density at radius 2 is 0.808 bits per heavy atom. The molecule has 29 nitrogen and oxygen atoms in total. The molecule has 10 amide bonds. The van der Waals surface area contributed by atoms with Crippen LogP contribution in [0, 0.1) is 47.3 Å². The molecular weight excluding hydrogens is 1590 g/mol. The molecule has 9 N–H and O–H groups in total. The molecule has 3 aromatic carbocycles. The quantitative estimate of drug-likeness (QED) is 0.0243. The Hall–Kier alpha value is -8.61. The van der Waals surface area contributed by atoms with Gasteiger partial charge >= 0.3 is 5.97 Å². The number of rotatable bonds is 49. The lowest BCUT2D eigenvalue weighted by molar-refractivity contribution is -0.148. The van der Waals surface area contributed by atoms with Crippen LogP contribution in [-0.4, -0.2) is 272 Å². The van der Waals surface area contributed by atoms with Gasteiger partial charge in [0.2, 0.25) is 59.1 Å². The van der Waals surface area contributed by atoms with Gasteiger partial charge in [0.05, 0.1) is 85.3 Å². The van der Waals surface area contributed by atoms with E-state index < -0.39 is 120 Å². The number of nitrogen functional groups attached to an aromatic ring is 1. The number of carboxylic acids is 1. The molecule has 0 radical (unpaired) electrons. The summed E-state index contributed by atoms with van der Waals surface area (Å²) in [5.41, 5.74) is 8.62. The summed E-state index contributed by atoms with van der Waals surface area (Å²) in [4.78, 5) is 163. The third-order valence-electron chi connectivity index (χ3n) is 25.5. The Bertz CT molecular complexity index is 3820. The summed E-state index contributed by atoms with van der Waals surface area (Å²) in [7, 11) is 13.4. The molecule has 2 saturated heterocycles. The number of nitrogens with one attached hydrogen (secondary N) is 6. The van der Waals surface area contributed by atoms with Gasteiger partial charge in [0, 0.05) is 91.9 Å². The molecule has 0 saturated carbocycles. The van der Waals surface area contributed by atoms with Crippen LogP contribution in [0.3, 0.4) is 0 Å². The van der Waals surface area contributed by atoms with Gasteiger partial charge in [-0.15, -0.1) is 0 Å². The van der Waals surface area contributed by atoms with E-state index in [0.29, 0.717) is 56.6 Å². The molecule has 3 aromatic rings. The summed E-state index contributed by atoms with van der Waals surface area (Å²) in [6.45, 7) is 38.1. The van der Waals surface area contributed by atoms with E-state index in [4.69, 9.17) is 24.7 Å². The van der Waals surface area contributed by atoms with Crippen LogP contribution >= 0.6 is 0 Å². The molecule has 706 valence electrons. The number of hydrogen-bond donors (Lipinski definition) is 8. The minimum Gasteiger partial charge on any atom is -0.480 e. The number of nitrogens with two attached hydrogens (primary N) is 1. The van der Waals surface area contributed by atoms with Crippen molar-refractivity contribution in [1.29, 1.82) is 0 Å². The van der Waals surface area contributed by atoms with Crippen molar-refractivity contribution in [3.63, 3.8) is 0 Å². The van der Waals surface area contributed by atoms with Crippen LogP contribution in [-0.2, 0) is 84.5 Å². The van der Waals surface area contributed by atoms with Gasteiger partial charge in [-0.05, 0) is 145 Å². The van der Waals surface area contributed by atoms with Crippen LogP contribution in [0.5, 0.6) is 0 Å². The first-order valence-corrected chi connectivity index (χ1v) is 45.1. The summed E-state index contributed by atoms with van der Waals surface area (Å²) in [6, 6.07) is 18.3. The van der Waals surface area contributed by atoms with Crippen molar-refractivity contribution in [2.45, 2.75) is 319 Å². The number of benzene rings is 3. The molecule has 0 aliphatic carbocycles. The molecule has 0 bridgehead atoms. The first-order valence-electron chi connectivity index (χ1n) is 45.1. The predicted octanol–water partition coefficient (Wildman–Crippen LogP) is 10.5. The van der Waals surface area contributed by atoms with Crippen LogP contribution in [0.4, 0.5) is 11.4 Å². The fourth-order valence-corrected chi connectivity index (χ4v) is 17.5. The van der Waals surface area contributed by atoms with E-state index >= 15 is 0 Å². The molecule has 5 rings (SSSR count). The van der Waals surface area contributed by atoms with E-state index in [1.807, 2.05) is 202 Å². The molecule has 0 aromatic heterocycles. The number of nitrogens with zero attached hydrogens (tertiary/aromatic N) is 6. The number of carbonyl (C=O) groups is 11. The van der Waals surface area contributed by atoms with Crippen LogP contribution in [0.1, 0.15) is 214 Å². The van der Waals surface area contributed by atoms with Crippen molar-refractivity contribution >= 4 is 76.4 Å². The molecule has 2 fully saturated rings. The number of carboxylic acid groups (broad SMARTS) is 1. The lowest BCUT2D eigenvalue weighted by Crippen LogP contribution is -2.60. The summed E-state index contributed by atoms with van der Waals surface area (Å²) in [5.74, 6) is -6.29. The number of likely N-dealkylation sites (tertiary alicyclic amines) is 2. The number of hydrogen-bond acceptors (Lipinski definition) is 18. The molecule has 2 heterocycles. The van der Waals surface area contributed by atoms with Gasteiger partial charge in [-0.1, -0.05) is 191 Å². The fraction of sp³-hybridized carbons (Fsp3) is 0.698. The minimum atomic E-state index is -1.15. The Morgan fingerprint density at radius 3 is 1.11 bits per heavy atom. The molecule has 29 heteroatoms. The second-order valence-corrected chi connectivity index (χ2v) is 36.3. The van der Waals surface area contributed by atoms with Crippen LogP contribution < -0.4 is 37.6 Å². The highest BCUT2D eigenvalue weighted by atomic mass is 16.5. The smallest absolute Gasteiger partial charge is 0.326 e. The summed E-state index contributed by atoms with van der Waals surface area (Å²) in [5, 5.41) is 27.3. The highest BCUT2D eigenvalue weighted by molar-refractivity contribution is 5.98. The Balaban J connectivity index is 0.000000640. The van der Waals surface area contributed by atoms with Crippen LogP contribution in [0.2, 0.25) is 0 Å². The topological polar surface area (TPSA) is 363 Å². The van der Waals surface area contributed by atoms with Crippen molar-refractivity contribution in [2.24, 2.45) is 47.3 Å². The Morgan fingerprint density at radius 1 is 0.456 bits per heavy atom. The van der Waals surface area contributed by atoms with Gasteiger partial charge in [0.25, 0.3) is 0 Å². The number of ether oxygens (including phenoxy) is 4. The zero-order chi connectivity index (χ0) is 93.4. The molecular formula is C96H161N13O16. The number of anilines is 2. The number of aliphatic carboxylic acids is 1. The van der Waals surface area contributed by atoms with Crippen molar-refractivity contribution < 1.29 is 76.8 Å². The zero-order valence-corrected chi connectivity index (χ0v) is 79.7. The SMILES string of the molecule is C.CCCC(NC(=O)[C@H](Cc1ccccc1)NC(=O)[C@H](C)[C@@H](OC)[C@@H]1CCCN1C(=O)C[C@@H](OC)[C@H]([C@@H](C)CC)N(C)C(=O)[C@@H](NC(=O)[C@H](C(C)C)N(C)C(C)C)C(C)C)C(=O)O.CC[C@H](C)[C@@H]([C@@H](CC(=O)N1CCC[C@H]1[C@H](OC)[C@@H](C)C(=O)N[C@@H](Cc1ccccc1)C(=O)Nc1ccc(N)cc1)OC)N(C)C(=O)[C@@H](NC(=O)[C@H](C(C)C)N(C)C(C)C)C(C)C. The maximum absolute atomic E-state index is 14.4. The maximum atomic E-state index is 14.4. The molecule has 19 atom stereocenters. The summed E-state index contributed by atoms with van der Waals surface area (Å²) >= 11 is 0. The largest absolute Gasteiger partial charge is 0.480 e. The van der Waals surface area contributed by atoms with E-state index in [2.05, 4.69) is 31.9 Å². The van der Waals surface area contributed by atoms with E-state index in [0.717, 1.165) is 24.0 Å². The van der Waals surface area contributed by atoms with E-state index in [1.165, 1.54) is 21.3 Å². The predicted molar refractivity (Wildman–Crippen MR) is 494 cm³/mol. The molecule has 2 aliphatic heterocycles. The molecule has 0 spiro atoms. The van der Waals surface area contributed by atoms with Gasteiger partial charge in [-0.2, -0.15) is 0 Å². The Labute approximate surface area is 748 Å². The number of carbonyl (C=O) groups excluding carboxylic acids is 10. The van der Waals surface area contributed by atoms with Gasteiger partial charge in [0.15, 0.2) is 0 Å². The average molecular weight is 1750 g/mol. The van der Waals surface area contributed by atoms with Gasteiger partial charge in [0.1, 0.15) is 30.2 Å². The van der Waals surface area contributed by atoms with E-state index in [-0.39, 0.29) is 134 Å². The zero-order valence-electron chi connectivity index (χ0n) is 79.7. The normalized spacial score (nSPS) is 18.3. The first-order chi connectivity index (χ1) is 58.4. The number of amides is 10. The minimum absolute atomic E-state index is 0. The highest BCUT2D eigenvalue weighted by Gasteiger charge is 2.47. The van der Waals surface area contributed by atoms with Gasteiger partial charge in [-0.3, -0.25) is 57.7 Å². The van der Waals surface area contributed by atoms with Gasteiger partial charge in [-0.25, -0.2) is 4.79 Å². The third-order valence-corrected chi connectivity index (χ3v) is 25.5. The van der Waals surface area contributed by atoms with Crippen LogP contribution in [0.15, 0.2) is 84.9 Å². The van der Waals surface area contributed by atoms with Crippen molar-refractivity contribution in [3.05, 3.63) is 96.1 Å². The Kier molecular flexibility index (Phi) is 47.7. The van der Waals surface area contributed by atoms with Crippen LogP contribution in [0.25, 0.3) is 0 Å². The fourth-order valence-electron chi connectivity index (χ4n) is 17.5. The molecule has 125 heavy (non-hydrogen) atoms. The van der Waals surface area contributed by atoms with E-state index in [1.54, 1.807) is 78.9 Å². The third kappa shape index (κ3) is 31.7. The van der Waals surface area contributed by atoms with Crippen molar-refractivity contribution in [3.8, 4) is 0 Å². The lowest BCUT2D eigenvalue weighted by Gasteiger charge is -2.41. The van der Waals surface area contributed by atoms with Crippen molar-refractivity contribution in [1.82, 2.24) is 56.0 Å². The summed E-state index contributed by atoms with van der Waals surface area (Å²) < 4.78 is 24.1. The second kappa shape index (κ2) is 53.9. The van der Waals surface area contributed by atoms with Crippen molar-refractivity contribution in [2.75, 3.05) is 80.8 Å². The maximum Gasteiger partial charge on any atom is 0.326 e. The van der Waals surface area contributed by atoms with Gasteiger partial charge < -0.3 is 81.3 Å².